The smallest absolute Gasteiger partial charge is 0.335 e. The fourth-order valence-corrected chi connectivity index (χ4v) is 1.30. The van der Waals surface area contributed by atoms with Gasteiger partial charge in [-0.1, -0.05) is 13.0 Å². The summed E-state index contributed by atoms with van der Waals surface area (Å²) in [6.45, 7) is 1.91. The number of carboxylic acid groups (broad SMARTS) is 1. The zero-order chi connectivity index (χ0) is 11.5. The van der Waals surface area contributed by atoms with Crippen LogP contribution >= 0.6 is 0 Å². The second kappa shape index (κ2) is 4.14. The van der Waals surface area contributed by atoms with Crippen molar-refractivity contribution in [1.82, 2.24) is 10.2 Å². The van der Waals surface area contributed by atoms with Gasteiger partial charge in [-0.25, -0.2) is 4.79 Å². The Bertz CT molecular complexity index is 519. The van der Waals surface area contributed by atoms with Gasteiger partial charge in [-0.2, -0.15) is 0 Å². The van der Waals surface area contributed by atoms with E-state index in [-0.39, 0.29) is 5.56 Å². The van der Waals surface area contributed by atoms with Crippen LogP contribution in [-0.4, -0.2) is 21.3 Å². The van der Waals surface area contributed by atoms with Crippen molar-refractivity contribution >= 4 is 5.97 Å². The monoisotopic (exact) mass is 218 g/mol. The molecule has 1 heterocycles. The van der Waals surface area contributed by atoms with Crippen molar-refractivity contribution in [3.63, 3.8) is 0 Å². The number of aromatic carboxylic acids is 1. The molecule has 0 aliphatic rings. The number of hydrogen-bond acceptors (Lipinski definition) is 4. The van der Waals surface area contributed by atoms with E-state index in [1.165, 1.54) is 12.1 Å². The Hall–Kier alpha value is -2.17. The fraction of sp³-hybridized carbons (Fsp3) is 0.182. The molecule has 0 fully saturated rings. The van der Waals surface area contributed by atoms with Crippen LogP contribution in [0.1, 0.15) is 23.2 Å². The van der Waals surface area contributed by atoms with E-state index >= 15 is 0 Å². The normalized spacial score (nSPS) is 10.3. The van der Waals surface area contributed by atoms with Crippen LogP contribution in [0.5, 0.6) is 0 Å². The van der Waals surface area contributed by atoms with Gasteiger partial charge in [0.2, 0.25) is 11.8 Å². The first-order valence-electron chi connectivity index (χ1n) is 4.87. The molecule has 1 N–H and O–H groups in total. The predicted octanol–water partition coefficient (Wildman–Crippen LogP) is 2.00. The quantitative estimate of drug-likeness (QED) is 0.852. The average molecular weight is 218 g/mol. The van der Waals surface area contributed by atoms with Gasteiger partial charge in [-0.15, -0.1) is 10.2 Å². The Kier molecular flexibility index (Phi) is 2.68. The van der Waals surface area contributed by atoms with E-state index in [2.05, 4.69) is 10.2 Å². The first-order chi connectivity index (χ1) is 7.70. The number of aromatic nitrogens is 2. The third-order valence-electron chi connectivity index (χ3n) is 2.13. The molecule has 2 rings (SSSR count). The predicted molar refractivity (Wildman–Crippen MR) is 56.1 cm³/mol. The largest absolute Gasteiger partial charge is 0.478 e. The molecule has 82 valence electrons. The first kappa shape index (κ1) is 10.4. The highest BCUT2D eigenvalue weighted by Crippen LogP contribution is 2.19. The number of nitrogens with zero attached hydrogens (tertiary/aromatic N) is 2. The molecule has 0 aliphatic carbocycles. The second-order valence-corrected chi connectivity index (χ2v) is 3.24. The summed E-state index contributed by atoms with van der Waals surface area (Å²) in [6, 6.07) is 6.41. The summed E-state index contributed by atoms with van der Waals surface area (Å²) in [6.07, 6.45) is 0.658. The zero-order valence-corrected chi connectivity index (χ0v) is 8.67. The third kappa shape index (κ3) is 1.93. The van der Waals surface area contributed by atoms with Gasteiger partial charge in [-0.05, 0) is 18.2 Å². The van der Waals surface area contributed by atoms with Gasteiger partial charge in [-0.3, -0.25) is 0 Å². The summed E-state index contributed by atoms with van der Waals surface area (Å²) >= 11 is 0. The zero-order valence-electron chi connectivity index (χ0n) is 8.67. The molecule has 0 radical (unpaired) electrons. The molecule has 0 aliphatic heterocycles. The molecule has 2 aromatic rings. The third-order valence-corrected chi connectivity index (χ3v) is 2.13. The van der Waals surface area contributed by atoms with E-state index in [4.69, 9.17) is 9.52 Å². The number of carboxylic acids is 1. The summed E-state index contributed by atoms with van der Waals surface area (Å²) in [5.74, 6) is -0.0900. The van der Waals surface area contributed by atoms with E-state index in [1.807, 2.05) is 6.92 Å². The van der Waals surface area contributed by atoms with Gasteiger partial charge in [0.05, 0.1) is 5.56 Å². The average Bonchev–Trinajstić information content (AvgIpc) is 2.77. The standard InChI is InChI=1S/C11H10N2O3/c1-2-9-12-13-10(16-9)7-4-3-5-8(6-7)11(14)15/h3-6H,2H2,1H3,(H,14,15). The van der Waals surface area contributed by atoms with Crippen LogP contribution < -0.4 is 0 Å². The molecule has 5 heteroatoms. The Morgan fingerprint density at radius 1 is 1.44 bits per heavy atom. The highest BCUT2D eigenvalue weighted by atomic mass is 16.4. The maximum absolute atomic E-state index is 10.8. The maximum atomic E-state index is 10.8. The number of carbonyl (C=O) groups is 1. The van der Waals surface area contributed by atoms with Gasteiger partial charge in [0.15, 0.2) is 0 Å². The van der Waals surface area contributed by atoms with E-state index in [0.29, 0.717) is 23.8 Å². The van der Waals surface area contributed by atoms with Crippen LogP contribution in [-0.2, 0) is 6.42 Å². The van der Waals surface area contributed by atoms with E-state index < -0.39 is 5.97 Å². The van der Waals surface area contributed by atoms with Crippen LogP contribution in [0.15, 0.2) is 28.7 Å². The minimum atomic E-state index is -0.975. The lowest BCUT2D eigenvalue weighted by Crippen LogP contribution is -1.95. The molecule has 0 amide bonds. The molecule has 0 bridgehead atoms. The maximum Gasteiger partial charge on any atom is 0.335 e. The molecule has 0 saturated heterocycles. The lowest BCUT2D eigenvalue weighted by Gasteiger charge is -1.96. The Labute approximate surface area is 91.7 Å². The Morgan fingerprint density at radius 3 is 2.88 bits per heavy atom. The van der Waals surface area contributed by atoms with Gasteiger partial charge in [0.25, 0.3) is 0 Å². The van der Waals surface area contributed by atoms with Crippen molar-refractivity contribution in [2.24, 2.45) is 0 Å². The summed E-state index contributed by atoms with van der Waals surface area (Å²) < 4.78 is 5.34. The number of aryl methyl sites for hydroxylation is 1. The number of rotatable bonds is 3. The molecular formula is C11H10N2O3. The van der Waals surface area contributed by atoms with Gasteiger partial charge in [0.1, 0.15) is 0 Å². The van der Waals surface area contributed by atoms with Crippen molar-refractivity contribution in [3.8, 4) is 11.5 Å². The molecule has 0 spiro atoms. The summed E-state index contributed by atoms with van der Waals surface area (Å²) in [7, 11) is 0. The molecule has 0 atom stereocenters. The Balaban J connectivity index is 2.40. The Morgan fingerprint density at radius 2 is 2.25 bits per heavy atom. The van der Waals surface area contributed by atoms with Gasteiger partial charge in [0, 0.05) is 12.0 Å². The fourth-order valence-electron chi connectivity index (χ4n) is 1.30. The minimum Gasteiger partial charge on any atom is -0.478 e. The minimum absolute atomic E-state index is 0.203. The van der Waals surface area contributed by atoms with Crippen molar-refractivity contribution in [2.45, 2.75) is 13.3 Å². The van der Waals surface area contributed by atoms with Crippen LogP contribution in [0.25, 0.3) is 11.5 Å². The van der Waals surface area contributed by atoms with Crippen molar-refractivity contribution in [1.29, 1.82) is 0 Å². The lowest BCUT2D eigenvalue weighted by molar-refractivity contribution is 0.0697. The SMILES string of the molecule is CCc1nnc(-c2cccc(C(=O)O)c2)o1. The van der Waals surface area contributed by atoms with Gasteiger partial charge < -0.3 is 9.52 Å². The number of benzene rings is 1. The van der Waals surface area contributed by atoms with E-state index in [1.54, 1.807) is 12.1 Å². The summed E-state index contributed by atoms with van der Waals surface area (Å²) in [4.78, 5) is 10.8. The van der Waals surface area contributed by atoms with Crippen molar-refractivity contribution < 1.29 is 14.3 Å². The molecule has 1 aromatic carbocycles. The highest BCUT2D eigenvalue weighted by molar-refractivity contribution is 5.88. The summed E-state index contributed by atoms with van der Waals surface area (Å²) in [5, 5.41) is 16.5. The molecule has 0 saturated carbocycles. The topological polar surface area (TPSA) is 76.2 Å². The first-order valence-corrected chi connectivity index (χ1v) is 4.87. The van der Waals surface area contributed by atoms with Gasteiger partial charge >= 0.3 is 5.97 Å². The van der Waals surface area contributed by atoms with Crippen LogP contribution in [0, 0.1) is 0 Å². The molecule has 1 aromatic heterocycles. The second-order valence-electron chi connectivity index (χ2n) is 3.24. The van der Waals surface area contributed by atoms with E-state index in [9.17, 15) is 4.79 Å². The van der Waals surface area contributed by atoms with Crippen LogP contribution in [0.2, 0.25) is 0 Å². The van der Waals surface area contributed by atoms with Crippen LogP contribution in [0.3, 0.4) is 0 Å². The highest BCUT2D eigenvalue weighted by Gasteiger charge is 2.09. The lowest BCUT2D eigenvalue weighted by atomic mass is 10.1. The van der Waals surface area contributed by atoms with Crippen LogP contribution in [0.4, 0.5) is 0 Å². The van der Waals surface area contributed by atoms with E-state index in [0.717, 1.165) is 0 Å². The number of hydrogen-bond donors (Lipinski definition) is 1. The summed E-state index contributed by atoms with van der Waals surface area (Å²) in [5.41, 5.74) is 0.820. The van der Waals surface area contributed by atoms with Crippen molar-refractivity contribution in [3.05, 3.63) is 35.7 Å². The van der Waals surface area contributed by atoms with Crippen molar-refractivity contribution in [2.75, 3.05) is 0 Å². The molecular weight excluding hydrogens is 208 g/mol. The molecule has 16 heavy (non-hydrogen) atoms. The molecule has 0 unspecified atom stereocenters. The molecule has 5 nitrogen and oxygen atoms in total.